The third kappa shape index (κ3) is 5.02. The second-order valence-corrected chi connectivity index (χ2v) is 12.4. The monoisotopic (exact) mass is 537 g/mol. The molecule has 184 valence electrons. The summed E-state index contributed by atoms with van der Waals surface area (Å²) in [4.78, 5) is 15.2. The number of nitrogens with zero attached hydrogens (tertiary/aromatic N) is 3. The summed E-state index contributed by atoms with van der Waals surface area (Å²) in [6.07, 6.45) is 5.75. The number of para-hydroxylation sites is 1. The van der Waals surface area contributed by atoms with Crippen molar-refractivity contribution in [3.8, 4) is 22.7 Å². The number of carbonyl (C=O) groups is 1. The minimum absolute atomic E-state index is 0.0514. The molecule has 0 radical (unpaired) electrons. The topological polar surface area (TPSA) is 81.5 Å². The summed E-state index contributed by atoms with van der Waals surface area (Å²) in [7, 11) is -3.15. The Bertz CT molecular complexity index is 1460. The van der Waals surface area contributed by atoms with Gasteiger partial charge in [0.2, 0.25) is 0 Å². The van der Waals surface area contributed by atoms with Crippen molar-refractivity contribution in [2.45, 2.75) is 12.5 Å². The maximum absolute atomic E-state index is 13.3. The highest BCUT2D eigenvalue weighted by atomic mass is 32.2. The van der Waals surface area contributed by atoms with Gasteiger partial charge in [0.15, 0.2) is 9.84 Å². The second-order valence-electron chi connectivity index (χ2n) is 8.45. The van der Waals surface area contributed by atoms with E-state index in [9.17, 15) is 13.2 Å². The number of aromatic nitrogens is 2. The number of amides is 1. The van der Waals surface area contributed by atoms with Crippen LogP contribution in [0.5, 0.6) is 5.75 Å². The zero-order valence-electron chi connectivity index (χ0n) is 19.2. The summed E-state index contributed by atoms with van der Waals surface area (Å²) < 4.78 is 31.7. The molecule has 1 aromatic heterocycles. The number of rotatable bonds is 7. The van der Waals surface area contributed by atoms with Crippen LogP contribution in [0.4, 0.5) is 0 Å². The van der Waals surface area contributed by atoms with E-state index in [0.29, 0.717) is 27.9 Å². The molecule has 2 fully saturated rings. The molecule has 1 amide bonds. The Balaban J connectivity index is 1.51. The number of carbonyl (C=O) groups excluding carboxylic acids is 1. The Morgan fingerprint density at radius 1 is 1.17 bits per heavy atom. The van der Waals surface area contributed by atoms with Crippen LogP contribution in [0.25, 0.3) is 23.0 Å². The van der Waals surface area contributed by atoms with E-state index >= 15 is 0 Å². The van der Waals surface area contributed by atoms with Crippen LogP contribution in [0.15, 0.2) is 78.4 Å². The third-order valence-corrected chi connectivity index (χ3v) is 9.02. The minimum atomic E-state index is -3.15. The van der Waals surface area contributed by atoms with Crippen LogP contribution in [0, 0.1) is 0 Å². The van der Waals surface area contributed by atoms with E-state index in [4.69, 9.17) is 22.1 Å². The van der Waals surface area contributed by atoms with Gasteiger partial charge >= 0.3 is 0 Å². The number of thiocarbonyl (C=S) groups is 1. The van der Waals surface area contributed by atoms with Crippen LogP contribution in [-0.4, -0.2) is 57.5 Å². The van der Waals surface area contributed by atoms with Crippen molar-refractivity contribution < 1.29 is 17.9 Å². The van der Waals surface area contributed by atoms with Crippen LogP contribution < -0.4 is 4.74 Å². The predicted molar refractivity (Wildman–Crippen MR) is 147 cm³/mol. The van der Waals surface area contributed by atoms with Gasteiger partial charge in [0.25, 0.3) is 5.91 Å². The van der Waals surface area contributed by atoms with Crippen LogP contribution in [0.1, 0.15) is 12.0 Å². The Hall–Kier alpha value is -3.21. The van der Waals surface area contributed by atoms with Crippen molar-refractivity contribution in [3.63, 3.8) is 0 Å². The molecule has 0 spiro atoms. The minimum Gasteiger partial charge on any atom is -0.490 e. The zero-order valence-corrected chi connectivity index (χ0v) is 21.7. The first-order valence-electron chi connectivity index (χ1n) is 11.3. The fourth-order valence-electron chi connectivity index (χ4n) is 4.21. The molecule has 0 saturated carbocycles. The first kappa shape index (κ1) is 24.5. The summed E-state index contributed by atoms with van der Waals surface area (Å²) in [5.41, 5.74) is 3.19. The Kier molecular flexibility index (Phi) is 6.83. The Morgan fingerprint density at radius 2 is 1.92 bits per heavy atom. The summed E-state index contributed by atoms with van der Waals surface area (Å²) in [6.45, 7) is 4.08. The summed E-state index contributed by atoms with van der Waals surface area (Å²) in [6, 6.07) is 16.9. The molecule has 3 aromatic rings. The molecule has 0 aliphatic carbocycles. The van der Waals surface area contributed by atoms with Gasteiger partial charge in [-0.3, -0.25) is 9.69 Å². The quantitative estimate of drug-likeness (QED) is 0.250. The SMILES string of the molecule is C=CCOc1ccc(-c2nn(-c3ccccc3)cc2/C=C2/SC(=S)N([C@@H]3CCS(=O)(=O)C3)C2=O)cc1. The number of hydrogen-bond donors (Lipinski definition) is 0. The van der Waals surface area contributed by atoms with Gasteiger partial charge in [-0.2, -0.15) is 5.10 Å². The van der Waals surface area contributed by atoms with Gasteiger partial charge in [0.05, 0.1) is 33.8 Å². The van der Waals surface area contributed by atoms with Crippen LogP contribution in [0.2, 0.25) is 0 Å². The van der Waals surface area contributed by atoms with E-state index in [2.05, 4.69) is 6.58 Å². The van der Waals surface area contributed by atoms with Crippen molar-refractivity contribution in [3.05, 3.63) is 83.9 Å². The van der Waals surface area contributed by atoms with Crippen molar-refractivity contribution in [1.82, 2.24) is 14.7 Å². The van der Waals surface area contributed by atoms with Gasteiger partial charge in [-0.1, -0.05) is 54.8 Å². The zero-order chi connectivity index (χ0) is 25.3. The lowest BCUT2D eigenvalue weighted by molar-refractivity contribution is -0.123. The Morgan fingerprint density at radius 3 is 2.58 bits per heavy atom. The van der Waals surface area contributed by atoms with Gasteiger partial charge in [-0.05, 0) is 48.9 Å². The van der Waals surface area contributed by atoms with E-state index in [1.54, 1.807) is 16.8 Å². The molecule has 7 nitrogen and oxygen atoms in total. The molecule has 1 atom stereocenters. The standard InChI is InChI=1S/C26H23N3O4S3/c1-2-13-33-22-10-8-18(9-11-22)24-19(16-28(27-24)20-6-4-3-5-7-20)15-23-25(30)29(26(34)35-23)21-12-14-36(31,32)17-21/h2-11,15-16,21H,1,12-14,17H2/b23-15+/t21-/m1/s1. The molecule has 2 aliphatic heterocycles. The molecule has 10 heteroatoms. The largest absolute Gasteiger partial charge is 0.490 e. The molecule has 0 bridgehead atoms. The van der Waals surface area contributed by atoms with Crippen LogP contribution in [0.3, 0.4) is 0 Å². The predicted octanol–water partition coefficient (Wildman–Crippen LogP) is 4.49. The molecular formula is C26H23N3O4S3. The van der Waals surface area contributed by atoms with Crippen molar-refractivity contribution in [2.75, 3.05) is 18.1 Å². The first-order valence-corrected chi connectivity index (χ1v) is 14.4. The second kappa shape index (κ2) is 10.0. The molecule has 36 heavy (non-hydrogen) atoms. The molecule has 5 rings (SSSR count). The number of benzene rings is 2. The highest BCUT2D eigenvalue weighted by Gasteiger charge is 2.42. The van der Waals surface area contributed by atoms with Crippen molar-refractivity contribution >= 4 is 50.1 Å². The molecule has 2 aromatic carbocycles. The summed E-state index contributed by atoms with van der Waals surface area (Å²) >= 11 is 6.66. The van der Waals surface area contributed by atoms with Crippen LogP contribution >= 0.6 is 24.0 Å². The number of thioether (sulfide) groups is 1. The highest BCUT2D eigenvalue weighted by molar-refractivity contribution is 8.26. The van der Waals surface area contributed by atoms with Gasteiger partial charge in [0.1, 0.15) is 16.7 Å². The van der Waals surface area contributed by atoms with Gasteiger partial charge < -0.3 is 4.74 Å². The Labute approximate surface area is 219 Å². The third-order valence-electron chi connectivity index (χ3n) is 5.94. The molecule has 2 aliphatic rings. The van der Waals surface area contributed by atoms with E-state index in [0.717, 1.165) is 22.6 Å². The van der Waals surface area contributed by atoms with Gasteiger partial charge in [-0.25, -0.2) is 13.1 Å². The van der Waals surface area contributed by atoms with Gasteiger partial charge in [0, 0.05) is 17.3 Å². The van der Waals surface area contributed by atoms with E-state index in [1.807, 2.05) is 60.8 Å². The lowest BCUT2D eigenvalue weighted by Gasteiger charge is -2.20. The fourth-order valence-corrected chi connectivity index (χ4v) is 7.30. The van der Waals surface area contributed by atoms with E-state index < -0.39 is 15.9 Å². The van der Waals surface area contributed by atoms with Crippen molar-refractivity contribution in [2.24, 2.45) is 0 Å². The highest BCUT2D eigenvalue weighted by Crippen LogP contribution is 2.38. The van der Waals surface area contributed by atoms with E-state index in [1.165, 1.54) is 16.7 Å². The lowest BCUT2D eigenvalue weighted by Crippen LogP contribution is -2.39. The molecule has 0 unspecified atom stereocenters. The molecular weight excluding hydrogens is 515 g/mol. The van der Waals surface area contributed by atoms with Gasteiger partial charge in [-0.15, -0.1) is 0 Å². The normalized spacial score (nSPS) is 20.3. The van der Waals surface area contributed by atoms with E-state index in [-0.39, 0.29) is 17.4 Å². The fraction of sp³-hybridized carbons (Fsp3) is 0.192. The number of ether oxygens (including phenoxy) is 1. The average molecular weight is 538 g/mol. The lowest BCUT2D eigenvalue weighted by atomic mass is 10.1. The first-order chi connectivity index (χ1) is 17.3. The smallest absolute Gasteiger partial charge is 0.266 e. The average Bonchev–Trinajstić information content (AvgIpc) is 3.53. The summed E-state index contributed by atoms with van der Waals surface area (Å²) in [5, 5.41) is 4.81. The summed E-state index contributed by atoms with van der Waals surface area (Å²) in [5.74, 6) is 0.479. The molecule has 2 saturated heterocycles. The number of sulfone groups is 1. The van der Waals surface area contributed by atoms with Crippen LogP contribution in [-0.2, 0) is 14.6 Å². The molecule has 3 heterocycles. The van der Waals surface area contributed by atoms with Crippen molar-refractivity contribution in [1.29, 1.82) is 0 Å². The molecule has 0 N–H and O–H groups in total. The maximum Gasteiger partial charge on any atom is 0.266 e. The number of hydrogen-bond acceptors (Lipinski definition) is 7. The maximum atomic E-state index is 13.3.